The Kier molecular flexibility index (Phi) is 2.81. The molecule has 1 heterocycles. The van der Waals surface area contributed by atoms with Gasteiger partial charge < -0.3 is 0 Å². The third-order valence-electron chi connectivity index (χ3n) is 2.23. The number of rotatable bonds is 1. The minimum atomic E-state index is -0.397. The lowest BCUT2D eigenvalue weighted by Gasteiger charge is -2.05. The first-order valence-corrected chi connectivity index (χ1v) is 5.32. The molecule has 0 amide bonds. The molecular formula is C11H8Cl2FN. The van der Waals surface area contributed by atoms with Crippen molar-refractivity contribution in [1.29, 1.82) is 0 Å². The number of aryl methyl sites for hydroxylation is 1. The Balaban J connectivity index is 2.90. The highest BCUT2D eigenvalue weighted by Gasteiger charge is 2.10. The van der Waals surface area contributed by atoms with E-state index < -0.39 is 5.82 Å². The van der Waals surface area contributed by atoms with Crippen LogP contribution in [-0.4, -0.2) is 4.98 Å². The van der Waals surface area contributed by atoms with Crippen molar-refractivity contribution in [2.24, 2.45) is 0 Å². The maximum absolute atomic E-state index is 13.5. The predicted molar refractivity (Wildman–Crippen MR) is 61.1 cm³/mol. The van der Waals surface area contributed by atoms with E-state index >= 15 is 0 Å². The summed E-state index contributed by atoms with van der Waals surface area (Å²) in [6.45, 7) is 1.94. The van der Waals surface area contributed by atoms with Crippen molar-refractivity contribution in [2.75, 3.05) is 0 Å². The Labute approximate surface area is 96.8 Å². The zero-order valence-electron chi connectivity index (χ0n) is 8.02. The molecule has 0 aliphatic rings. The van der Waals surface area contributed by atoms with Crippen molar-refractivity contribution in [2.45, 2.75) is 13.3 Å². The van der Waals surface area contributed by atoms with Gasteiger partial charge in [0.2, 0.25) is 0 Å². The van der Waals surface area contributed by atoms with Crippen molar-refractivity contribution >= 4 is 34.1 Å². The van der Waals surface area contributed by atoms with Gasteiger partial charge in [-0.25, -0.2) is 9.37 Å². The third kappa shape index (κ3) is 1.80. The number of benzene rings is 1. The quantitative estimate of drug-likeness (QED) is 0.730. The molecule has 1 aromatic heterocycles. The van der Waals surface area contributed by atoms with Crippen molar-refractivity contribution < 1.29 is 4.39 Å². The van der Waals surface area contributed by atoms with Crippen LogP contribution in [0.4, 0.5) is 4.39 Å². The SMILES string of the molecule is CCc1cc(Cl)c2c(Cl)ccc(F)c2n1. The Hall–Kier alpha value is -0.860. The molecule has 1 aromatic carbocycles. The Morgan fingerprint density at radius 1 is 1.27 bits per heavy atom. The monoisotopic (exact) mass is 243 g/mol. The Morgan fingerprint density at radius 2 is 2.00 bits per heavy atom. The van der Waals surface area contributed by atoms with Crippen LogP contribution in [0.25, 0.3) is 10.9 Å². The van der Waals surface area contributed by atoms with Crippen molar-refractivity contribution in [3.8, 4) is 0 Å². The fourth-order valence-electron chi connectivity index (χ4n) is 1.45. The molecule has 0 saturated heterocycles. The van der Waals surface area contributed by atoms with Gasteiger partial charge in [0.25, 0.3) is 0 Å². The summed E-state index contributed by atoms with van der Waals surface area (Å²) >= 11 is 12.0. The molecule has 4 heteroatoms. The molecule has 0 aliphatic heterocycles. The summed E-state index contributed by atoms with van der Waals surface area (Å²) in [7, 11) is 0. The minimum Gasteiger partial charge on any atom is -0.250 e. The highest BCUT2D eigenvalue weighted by atomic mass is 35.5. The molecule has 0 aliphatic carbocycles. The molecule has 0 bridgehead atoms. The summed E-state index contributed by atoms with van der Waals surface area (Å²) in [6.07, 6.45) is 0.710. The average Bonchev–Trinajstić information content (AvgIpc) is 2.23. The zero-order valence-corrected chi connectivity index (χ0v) is 9.53. The lowest BCUT2D eigenvalue weighted by Crippen LogP contribution is -1.92. The van der Waals surface area contributed by atoms with Crippen molar-refractivity contribution in [3.63, 3.8) is 0 Å². The average molecular weight is 244 g/mol. The minimum absolute atomic E-state index is 0.242. The van der Waals surface area contributed by atoms with Gasteiger partial charge >= 0.3 is 0 Å². The molecule has 2 aromatic rings. The Morgan fingerprint density at radius 3 is 2.67 bits per heavy atom. The molecule has 0 unspecified atom stereocenters. The van der Waals surface area contributed by atoms with E-state index in [0.717, 1.165) is 5.69 Å². The van der Waals surface area contributed by atoms with Crippen LogP contribution in [0.5, 0.6) is 0 Å². The summed E-state index contributed by atoms with van der Waals surface area (Å²) in [4.78, 5) is 4.17. The van der Waals surface area contributed by atoms with Gasteiger partial charge in [-0.15, -0.1) is 0 Å². The van der Waals surface area contributed by atoms with Crippen LogP contribution in [0, 0.1) is 5.82 Å². The van der Waals surface area contributed by atoms with Gasteiger partial charge in [0, 0.05) is 11.1 Å². The van der Waals surface area contributed by atoms with Gasteiger partial charge in [-0.2, -0.15) is 0 Å². The molecule has 0 atom stereocenters. The molecule has 15 heavy (non-hydrogen) atoms. The van der Waals surface area contributed by atoms with Gasteiger partial charge in [0.15, 0.2) is 0 Å². The fourth-order valence-corrected chi connectivity index (χ4v) is 2.07. The largest absolute Gasteiger partial charge is 0.250 e. The number of aromatic nitrogens is 1. The lowest BCUT2D eigenvalue weighted by molar-refractivity contribution is 0.636. The van der Waals surface area contributed by atoms with Crippen LogP contribution in [0.15, 0.2) is 18.2 Å². The molecule has 2 rings (SSSR count). The topological polar surface area (TPSA) is 12.9 Å². The first-order valence-electron chi connectivity index (χ1n) is 4.56. The normalized spacial score (nSPS) is 10.9. The van der Waals surface area contributed by atoms with Crippen LogP contribution in [0.1, 0.15) is 12.6 Å². The maximum atomic E-state index is 13.5. The molecular weight excluding hydrogens is 236 g/mol. The highest BCUT2D eigenvalue weighted by Crippen LogP contribution is 2.31. The molecule has 0 saturated carbocycles. The standard InChI is InChI=1S/C11H8Cl2FN/c1-2-6-5-8(13)10-7(12)3-4-9(14)11(10)15-6/h3-5H,2H2,1H3. The lowest BCUT2D eigenvalue weighted by atomic mass is 10.1. The first-order chi connectivity index (χ1) is 7.13. The van der Waals surface area contributed by atoms with E-state index in [0.29, 0.717) is 21.9 Å². The van der Waals surface area contributed by atoms with E-state index in [9.17, 15) is 4.39 Å². The van der Waals surface area contributed by atoms with E-state index in [1.54, 1.807) is 6.07 Å². The summed E-state index contributed by atoms with van der Waals surface area (Å²) in [5.74, 6) is -0.397. The van der Waals surface area contributed by atoms with Crippen LogP contribution in [-0.2, 0) is 6.42 Å². The smallest absolute Gasteiger partial charge is 0.149 e. The van der Waals surface area contributed by atoms with Crippen molar-refractivity contribution in [1.82, 2.24) is 4.98 Å². The second-order valence-corrected chi connectivity index (χ2v) is 4.02. The van der Waals surface area contributed by atoms with Crippen LogP contribution in [0.3, 0.4) is 0 Å². The number of hydrogen-bond acceptors (Lipinski definition) is 1. The first kappa shape index (κ1) is 10.7. The zero-order chi connectivity index (χ0) is 11.0. The molecule has 0 spiro atoms. The van der Waals surface area contributed by atoms with Gasteiger partial charge in [0.1, 0.15) is 11.3 Å². The van der Waals surface area contributed by atoms with Crippen LogP contribution in [0.2, 0.25) is 10.0 Å². The van der Waals surface area contributed by atoms with Gasteiger partial charge in [0.05, 0.1) is 10.0 Å². The Bertz CT molecular complexity index is 525. The second-order valence-electron chi connectivity index (χ2n) is 3.20. The maximum Gasteiger partial charge on any atom is 0.149 e. The highest BCUT2D eigenvalue weighted by molar-refractivity contribution is 6.42. The number of nitrogens with zero attached hydrogens (tertiary/aromatic N) is 1. The van der Waals surface area contributed by atoms with E-state index in [2.05, 4.69) is 4.98 Å². The van der Waals surface area contributed by atoms with E-state index in [1.807, 2.05) is 6.92 Å². The van der Waals surface area contributed by atoms with E-state index in [1.165, 1.54) is 12.1 Å². The molecule has 1 nitrogen and oxygen atoms in total. The molecule has 0 N–H and O–H groups in total. The van der Waals surface area contributed by atoms with Gasteiger partial charge in [-0.05, 0) is 24.6 Å². The van der Waals surface area contributed by atoms with Gasteiger partial charge in [-0.3, -0.25) is 0 Å². The summed E-state index contributed by atoms with van der Waals surface area (Å²) in [6, 6.07) is 4.50. The van der Waals surface area contributed by atoms with E-state index in [4.69, 9.17) is 23.2 Å². The molecule has 0 fully saturated rings. The predicted octanol–water partition coefficient (Wildman–Crippen LogP) is 4.24. The third-order valence-corrected chi connectivity index (χ3v) is 2.84. The van der Waals surface area contributed by atoms with Crippen LogP contribution < -0.4 is 0 Å². The van der Waals surface area contributed by atoms with Gasteiger partial charge in [-0.1, -0.05) is 30.1 Å². The summed E-state index contributed by atoms with van der Waals surface area (Å²) in [5, 5.41) is 1.35. The number of pyridine rings is 1. The second kappa shape index (κ2) is 3.95. The number of fused-ring (bicyclic) bond motifs is 1. The number of hydrogen-bond donors (Lipinski definition) is 0. The summed E-state index contributed by atoms with van der Waals surface area (Å²) < 4.78 is 13.5. The fraction of sp³-hybridized carbons (Fsp3) is 0.182. The molecule has 78 valence electrons. The molecule has 0 radical (unpaired) electrons. The summed E-state index contributed by atoms with van der Waals surface area (Å²) in [5.41, 5.74) is 1.00. The number of halogens is 3. The van der Waals surface area contributed by atoms with E-state index in [-0.39, 0.29) is 5.52 Å². The van der Waals surface area contributed by atoms with Crippen molar-refractivity contribution in [3.05, 3.63) is 39.8 Å². The van der Waals surface area contributed by atoms with Crippen LogP contribution >= 0.6 is 23.2 Å².